The second kappa shape index (κ2) is 8.75. The molecule has 0 unspecified atom stereocenters. The van der Waals surface area contributed by atoms with E-state index in [0.717, 1.165) is 44.2 Å². The molecule has 0 radical (unpaired) electrons. The minimum Gasteiger partial charge on any atom is -0.490 e. The van der Waals surface area contributed by atoms with Crippen molar-refractivity contribution in [1.29, 1.82) is 0 Å². The maximum absolute atomic E-state index is 5.73. The highest BCUT2D eigenvalue weighted by Gasteiger charge is 2.09. The van der Waals surface area contributed by atoms with Gasteiger partial charge in [-0.3, -0.25) is 0 Å². The Labute approximate surface area is 117 Å². The van der Waals surface area contributed by atoms with Gasteiger partial charge in [0.15, 0.2) is 11.6 Å². The SMILES string of the molecule is CCCOc1cccnc1N(C)CCNCC(C)C. The van der Waals surface area contributed by atoms with Crippen LogP contribution in [0.2, 0.25) is 0 Å². The zero-order valence-corrected chi connectivity index (χ0v) is 12.6. The van der Waals surface area contributed by atoms with Crippen molar-refractivity contribution >= 4 is 5.82 Å². The second-order valence-corrected chi connectivity index (χ2v) is 5.19. The molecule has 1 N–H and O–H groups in total. The number of pyridine rings is 1. The fourth-order valence-corrected chi connectivity index (χ4v) is 1.74. The van der Waals surface area contributed by atoms with Gasteiger partial charge in [-0.1, -0.05) is 20.8 Å². The summed E-state index contributed by atoms with van der Waals surface area (Å²) in [6.45, 7) is 10.2. The Balaban J connectivity index is 2.48. The van der Waals surface area contributed by atoms with Gasteiger partial charge in [0.1, 0.15) is 0 Å². The van der Waals surface area contributed by atoms with Crippen LogP contribution in [0.3, 0.4) is 0 Å². The highest BCUT2D eigenvalue weighted by Crippen LogP contribution is 2.23. The fraction of sp³-hybridized carbons (Fsp3) is 0.667. The summed E-state index contributed by atoms with van der Waals surface area (Å²) < 4.78 is 5.73. The Hall–Kier alpha value is -1.29. The number of likely N-dealkylation sites (N-methyl/N-ethyl adjacent to an activating group) is 1. The van der Waals surface area contributed by atoms with Gasteiger partial charge in [0.05, 0.1) is 6.61 Å². The topological polar surface area (TPSA) is 37.4 Å². The minimum atomic E-state index is 0.684. The van der Waals surface area contributed by atoms with E-state index in [1.54, 1.807) is 0 Å². The van der Waals surface area contributed by atoms with Gasteiger partial charge >= 0.3 is 0 Å². The molecule has 0 aliphatic rings. The molecular formula is C15H27N3O. The van der Waals surface area contributed by atoms with Crippen molar-refractivity contribution < 1.29 is 4.74 Å². The molecule has 0 saturated heterocycles. The van der Waals surface area contributed by atoms with Gasteiger partial charge in [-0.2, -0.15) is 0 Å². The lowest BCUT2D eigenvalue weighted by atomic mass is 10.2. The first-order chi connectivity index (χ1) is 9.15. The molecule has 1 aromatic rings. The number of ether oxygens (including phenoxy) is 1. The van der Waals surface area contributed by atoms with Crippen LogP contribution in [0.5, 0.6) is 5.75 Å². The van der Waals surface area contributed by atoms with Crippen molar-refractivity contribution in [3.8, 4) is 5.75 Å². The average Bonchev–Trinajstić information content (AvgIpc) is 2.41. The quantitative estimate of drug-likeness (QED) is 0.696. The third-order valence-electron chi connectivity index (χ3n) is 2.75. The predicted molar refractivity (Wildman–Crippen MR) is 81.0 cm³/mol. The zero-order valence-electron chi connectivity index (χ0n) is 12.6. The molecule has 4 heteroatoms. The van der Waals surface area contributed by atoms with Crippen molar-refractivity contribution in [3.63, 3.8) is 0 Å². The van der Waals surface area contributed by atoms with Gasteiger partial charge in [0.2, 0.25) is 0 Å². The monoisotopic (exact) mass is 265 g/mol. The van der Waals surface area contributed by atoms with E-state index in [9.17, 15) is 0 Å². The number of nitrogens with zero attached hydrogens (tertiary/aromatic N) is 2. The molecular weight excluding hydrogens is 238 g/mol. The van der Waals surface area contributed by atoms with E-state index in [1.807, 2.05) is 18.3 Å². The van der Waals surface area contributed by atoms with Crippen LogP contribution >= 0.6 is 0 Å². The molecule has 0 fully saturated rings. The summed E-state index contributed by atoms with van der Waals surface area (Å²) in [5.74, 6) is 2.47. The second-order valence-electron chi connectivity index (χ2n) is 5.19. The third-order valence-corrected chi connectivity index (χ3v) is 2.75. The van der Waals surface area contributed by atoms with Crippen molar-refractivity contribution in [2.75, 3.05) is 38.2 Å². The largest absolute Gasteiger partial charge is 0.490 e. The molecule has 0 aromatic carbocycles. The standard InChI is InChI=1S/C15H27N3O/c1-5-11-19-14-7-6-8-17-15(14)18(4)10-9-16-12-13(2)3/h6-8,13,16H,5,9-12H2,1-4H3. The lowest BCUT2D eigenvalue weighted by molar-refractivity contribution is 0.316. The Morgan fingerprint density at radius 3 is 2.89 bits per heavy atom. The normalized spacial score (nSPS) is 10.8. The molecule has 1 heterocycles. The smallest absolute Gasteiger partial charge is 0.171 e. The summed E-state index contributed by atoms with van der Waals surface area (Å²) in [6, 6.07) is 3.90. The first-order valence-corrected chi connectivity index (χ1v) is 7.14. The molecule has 0 aliphatic carbocycles. The lowest BCUT2D eigenvalue weighted by Gasteiger charge is -2.21. The van der Waals surface area contributed by atoms with Crippen LogP contribution in [-0.2, 0) is 0 Å². The summed E-state index contributed by atoms with van der Waals surface area (Å²) in [4.78, 5) is 6.56. The number of hydrogen-bond acceptors (Lipinski definition) is 4. The van der Waals surface area contributed by atoms with E-state index in [2.05, 4.69) is 43.0 Å². The van der Waals surface area contributed by atoms with Gasteiger partial charge in [-0.25, -0.2) is 4.98 Å². The third kappa shape index (κ3) is 5.92. The maximum Gasteiger partial charge on any atom is 0.171 e. The number of rotatable bonds is 9. The highest BCUT2D eigenvalue weighted by molar-refractivity contribution is 5.51. The van der Waals surface area contributed by atoms with Gasteiger partial charge in [-0.05, 0) is 31.0 Å². The van der Waals surface area contributed by atoms with E-state index >= 15 is 0 Å². The van der Waals surface area contributed by atoms with Gasteiger partial charge in [0.25, 0.3) is 0 Å². The van der Waals surface area contributed by atoms with E-state index < -0.39 is 0 Å². The number of nitrogens with one attached hydrogen (secondary N) is 1. The zero-order chi connectivity index (χ0) is 14.1. The molecule has 19 heavy (non-hydrogen) atoms. The molecule has 1 aromatic heterocycles. The molecule has 4 nitrogen and oxygen atoms in total. The Morgan fingerprint density at radius 2 is 2.21 bits per heavy atom. The van der Waals surface area contributed by atoms with Crippen molar-refractivity contribution in [1.82, 2.24) is 10.3 Å². The van der Waals surface area contributed by atoms with Crippen LogP contribution in [0, 0.1) is 5.92 Å². The summed E-state index contributed by atoms with van der Waals surface area (Å²) in [5, 5.41) is 3.44. The first kappa shape index (κ1) is 15.8. The molecule has 1 rings (SSSR count). The molecule has 0 aliphatic heterocycles. The van der Waals surface area contributed by atoms with E-state index in [4.69, 9.17) is 4.74 Å². The fourth-order valence-electron chi connectivity index (χ4n) is 1.74. The molecule has 0 amide bonds. The summed E-state index contributed by atoms with van der Waals surface area (Å²) in [5.41, 5.74) is 0. The Morgan fingerprint density at radius 1 is 1.42 bits per heavy atom. The molecule has 0 atom stereocenters. The van der Waals surface area contributed by atoms with Gasteiger partial charge in [-0.15, -0.1) is 0 Å². The van der Waals surface area contributed by atoms with Gasteiger partial charge in [0, 0.05) is 26.3 Å². The Kier molecular flexibility index (Phi) is 7.26. The summed E-state index contributed by atoms with van der Waals surface area (Å²) in [7, 11) is 2.05. The highest BCUT2D eigenvalue weighted by atomic mass is 16.5. The van der Waals surface area contributed by atoms with Crippen molar-refractivity contribution in [2.45, 2.75) is 27.2 Å². The molecule has 0 saturated carbocycles. The van der Waals surface area contributed by atoms with E-state index in [0.29, 0.717) is 5.92 Å². The van der Waals surface area contributed by atoms with E-state index in [1.165, 1.54) is 0 Å². The predicted octanol–water partition coefficient (Wildman–Crippen LogP) is 2.55. The van der Waals surface area contributed by atoms with Crippen LogP contribution in [0.25, 0.3) is 0 Å². The van der Waals surface area contributed by atoms with Crippen LogP contribution < -0.4 is 15.0 Å². The number of aromatic nitrogens is 1. The van der Waals surface area contributed by atoms with Crippen LogP contribution in [0.4, 0.5) is 5.82 Å². The Bertz CT molecular complexity index is 355. The lowest BCUT2D eigenvalue weighted by Crippen LogP contribution is -2.31. The van der Waals surface area contributed by atoms with Crippen LogP contribution in [0.1, 0.15) is 27.2 Å². The van der Waals surface area contributed by atoms with Crippen LogP contribution in [0.15, 0.2) is 18.3 Å². The van der Waals surface area contributed by atoms with Crippen LogP contribution in [-0.4, -0.2) is 38.3 Å². The summed E-state index contributed by atoms with van der Waals surface area (Å²) in [6.07, 6.45) is 2.82. The summed E-state index contributed by atoms with van der Waals surface area (Å²) >= 11 is 0. The van der Waals surface area contributed by atoms with Gasteiger partial charge < -0.3 is 15.0 Å². The minimum absolute atomic E-state index is 0.684. The molecule has 108 valence electrons. The number of hydrogen-bond donors (Lipinski definition) is 1. The van der Waals surface area contributed by atoms with E-state index in [-0.39, 0.29) is 0 Å². The molecule has 0 spiro atoms. The average molecular weight is 265 g/mol. The first-order valence-electron chi connectivity index (χ1n) is 7.14. The van der Waals surface area contributed by atoms with Crippen molar-refractivity contribution in [2.24, 2.45) is 5.92 Å². The maximum atomic E-state index is 5.73. The molecule has 0 bridgehead atoms. The number of anilines is 1. The van der Waals surface area contributed by atoms with Crippen molar-refractivity contribution in [3.05, 3.63) is 18.3 Å².